The van der Waals surface area contributed by atoms with Crippen LogP contribution in [0.5, 0.6) is 0 Å². The number of hydrogen-bond acceptors (Lipinski definition) is 1. The first kappa shape index (κ1) is 22.0. The largest absolute Gasteiger partial charge is 0.300 e. The first-order chi connectivity index (χ1) is 14.1. The highest BCUT2D eigenvalue weighted by molar-refractivity contribution is 5.27. The van der Waals surface area contributed by atoms with Gasteiger partial charge in [0.2, 0.25) is 0 Å². The molecule has 29 heavy (non-hydrogen) atoms. The Hall–Kier alpha value is -1.74. The Labute approximate surface area is 175 Å². The number of aryl methyl sites for hydroxylation is 1. The summed E-state index contributed by atoms with van der Waals surface area (Å²) >= 11 is 0. The first-order valence-corrected chi connectivity index (χ1v) is 11.2. The Kier molecular flexibility index (Phi) is 8.23. The fraction of sp³-hybridized carbons (Fsp3) is 0.538. The Morgan fingerprint density at radius 2 is 1.48 bits per heavy atom. The van der Waals surface area contributed by atoms with Crippen LogP contribution in [-0.4, -0.2) is 36.4 Å². The highest BCUT2D eigenvalue weighted by Crippen LogP contribution is 2.38. The van der Waals surface area contributed by atoms with Crippen LogP contribution in [0.2, 0.25) is 0 Å². The van der Waals surface area contributed by atoms with E-state index in [9.17, 15) is 8.78 Å². The van der Waals surface area contributed by atoms with Gasteiger partial charge in [-0.1, -0.05) is 61.5 Å². The van der Waals surface area contributed by atoms with Crippen LogP contribution in [0.15, 0.2) is 54.6 Å². The van der Waals surface area contributed by atoms with Gasteiger partial charge in [-0.15, -0.1) is 0 Å². The maximum atomic E-state index is 13.5. The van der Waals surface area contributed by atoms with Gasteiger partial charge >= 0.3 is 0 Å². The predicted molar refractivity (Wildman–Crippen MR) is 118 cm³/mol. The monoisotopic (exact) mass is 399 g/mol. The molecule has 2 aromatic rings. The number of nitrogens with zero attached hydrogens (tertiary/aromatic N) is 1. The maximum Gasteiger partial charge on any atom is 0.132 e. The second-order valence-corrected chi connectivity index (χ2v) is 8.60. The average molecular weight is 400 g/mol. The molecule has 1 saturated carbocycles. The Bertz CT molecular complexity index is 705. The third-order valence-electron chi connectivity index (χ3n) is 6.38. The van der Waals surface area contributed by atoms with Gasteiger partial charge in [-0.2, -0.15) is 0 Å². The van der Waals surface area contributed by atoms with Gasteiger partial charge in [-0.25, -0.2) is 8.78 Å². The minimum absolute atomic E-state index is 0.0333. The Morgan fingerprint density at radius 1 is 0.862 bits per heavy atom. The molecule has 0 spiro atoms. The predicted octanol–water partition coefficient (Wildman–Crippen LogP) is 6.52. The molecule has 3 unspecified atom stereocenters. The maximum absolute atomic E-state index is 13.5. The van der Waals surface area contributed by atoms with Gasteiger partial charge in [0, 0.05) is 12.6 Å². The molecular weight excluding hydrogens is 364 g/mol. The first-order valence-electron chi connectivity index (χ1n) is 11.2. The summed E-state index contributed by atoms with van der Waals surface area (Å²) in [4.78, 5) is 2.60. The summed E-state index contributed by atoms with van der Waals surface area (Å²) in [5.74, 6) is 0.0333. The van der Waals surface area contributed by atoms with Crippen molar-refractivity contribution in [1.29, 1.82) is 0 Å². The molecule has 1 aliphatic carbocycles. The second-order valence-electron chi connectivity index (χ2n) is 8.60. The van der Waals surface area contributed by atoms with E-state index in [0.717, 1.165) is 37.9 Å². The summed E-state index contributed by atoms with van der Waals surface area (Å²) in [6.45, 7) is 6.79. The van der Waals surface area contributed by atoms with Gasteiger partial charge in [0.1, 0.15) is 12.3 Å². The van der Waals surface area contributed by atoms with E-state index < -0.39 is 12.3 Å². The molecule has 0 saturated heterocycles. The zero-order chi connectivity index (χ0) is 20.6. The van der Waals surface area contributed by atoms with E-state index in [-0.39, 0.29) is 5.92 Å². The minimum atomic E-state index is -1.29. The molecule has 1 fully saturated rings. The third-order valence-corrected chi connectivity index (χ3v) is 6.38. The molecule has 0 aliphatic heterocycles. The molecule has 0 amide bonds. The summed E-state index contributed by atoms with van der Waals surface area (Å²) in [7, 11) is 0. The van der Waals surface area contributed by atoms with Crippen LogP contribution < -0.4 is 0 Å². The van der Waals surface area contributed by atoms with Crippen LogP contribution in [0.3, 0.4) is 0 Å². The van der Waals surface area contributed by atoms with Gasteiger partial charge < -0.3 is 4.90 Å². The fourth-order valence-electron chi connectivity index (χ4n) is 4.48. The molecule has 0 aromatic heterocycles. The highest BCUT2D eigenvalue weighted by atomic mass is 19.2. The molecule has 158 valence electrons. The molecule has 0 N–H and O–H groups in total. The molecular formula is C26H35F2N. The van der Waals surface area contributed by atoms with Crippen LogP contribution in [-0.2, 0) is 12.8 Å². The summed E-state index contributed by atoms with van der Waals surface area (Å²) in [6, 6.07) is 19.7. The van der Waals surface area contributed by atoms with E-state index in [0.29, 0.717) is 18.9 Å². The van der Waals surface area contributed by atoms with Crippen LogP contribution in [0.25, 0.3) is 0 Å². The van der Waals surface area contributed by atoms with Crippen molar-refractivity contribution in [3.8, 4) is 0 Å². The van der Waals surface area contributed by atoms with E-state index in [4.69, 9.17) is 0 Å². The van der Waals surface area contributed by atoms with Gasteiger partial charge in [0.15, 0.2) is 0 Å². The number of rotatable bonds is 10. The average Bonchev–Trinajstić information content (AvgIpc) is 3.09. The van der Waals surface area contributed by atoms with Crippen LogP contribution >= 0.6 is 0 Å². The number of benzene rings is 2. The smallest absolute Gasteiger partial charge is 0.132 e. The van der Waals surface area contributed by atoms with E-state index in [1.54, 1.807) is 0 Å². The standard InChI is InChI=1S/C26H35F2N/c1-3-16-29(17-15-21-7-5-4-6-8-21)20(2)9-10-22-11-13-23(14-12-22)24-18-25(27)26(28)19-24/h4-8,11-14,20,24-26H,3,9-10,15-19H2,1-2H3. The van der Waals surface area contributed by atoms with E-state index in [1.807, 2.05) is 0 Å². The normalized spacial score (nSPS) is 22.9. The number of hydrogen-bond donors (Lipinski definition) is 0. The zero-order valence-electron chi connectivity index (χ0n) is 17.9. The summed E-state index contributed by atoms with van der Waals surface area (Å²) in [6.07, 6.45) is 2.48. The van der Waals surface area contributed by atoms with Gasteiger partial charge in [-0.3, -0.25) is 0 Å². The molecule has 0 bridgehead atoms. The SMILES string of the molecule is CCCN(CCc1ccccc1)C(C)CCc1ccc(C2CC(F)C(F)C2)cc1. The Morgan fingerprint density at radius 3 is 2.10 bits per heavy atom. The van der Waals surface area contributed by atoms with Crippen molar-refractivity contribution in [1.82, 2.24) is 4.90 Å². The lowest BCUT2D eigenvalue weighted by Crippen LogP contribution is -2.35. The summed E-state index contributed by atoms with van der Waals surface area (Å²) in [5.41, 5.74) is 3.79. The lowest BCUT2D eigenvalue weighted by molar-refractivity contribution is 0.199. The van der Waals surface area contributed by atoms with Crippen molar-refractivity contribution in [3.63, 3.8) is 0 Å². The molecule has 3 heteroatoms. The minimum Gasteiger partial charge on any atom is -0.300 e. The van der Waals surface area contributed by atoms with Crippen LogP contribution in [0, 0.1) is 0 Å². The van der Waals surface area contributed by atoms with E-state index in [1.165, 1.54) is 17.5 Å². The number of alkyl halides is 2. The molecule has 1 nitrogen and oxygen atoms in total. The van der Waals surface area contributed by atoms with Crippen molar-refractivity contribution in [2.45, 2.75) is 76.7 Å². The molecule has 3 atom stereocenters. The highest BCUT2D eigenvalue weighted by Gasteiger charge is 2.35. The van der Waals surface area contributed by atoms with Crippen molar-refractivity contribution in [2.24, 2.45) is 0 Å². The molecule has 2 aromatic carbocycles. The van der Waals surface area contributed by atoms with Gasteiger partial charge in [0.05, 0.1) is 0 Å². The third kappa shape index (κ3) is 6.37. The zero-order valence-corrected chi connectivity index (χ0v) is 17.9. The second kappa shape index (κ2) is 10.9. The summed E-state index contributed by atoms with van der Waals surface area (Å²) < 4.78 is 26.9. The van der Waals surface area contributed by atoms with Gasteiger partial charge in [-0.05, 0) is 74.6 Å². The fourth-order valence-corrected chi connectivity index (χ4v) is 4.48. The molecule has 0 heterocycles. The lowest BCUT2D eigenvalue weighted by atomic mass is 9.95. The van der Waals surface area contributed by atoms with Crippen molar-refractivity contribution >= 4 is 0 Å². The van der Waals surface area contributed by atoms with Crippen LogP contribution in [0.1, 0.15) is 62.1 Å². The quantitative estimate of drug-likeness (QED) is 0.440. The van der Waals surface area contributed by atoms with E-state index >= 15 is 0 Å². The molecule has 3 rings (SSSR count). The topological polar surface area (TPSA) is 3.24 Å². The van der Waals surface area contributed by atoms with Crippen molar-refractivity contribution in [2.75, 3.05) is 13.1 Å². The van der Waals surface area contributed by atoms with E-state index in [2.05, 4.69) is 73.3 Å². The molecule has 0 radical (unpaired) electrons. The number of halogens is 2. The van der Waals surface area contributed by atoms with Crippen molar-refractivity contribution < 1.29 is 8.78 Å². The van der Waals surface area contributed by atoms with Crippen LogP contribution in [0.4, 0.5) is 8.78 Å². The van der Waals surface area contributed by atoms with Gasteiger partial charge in [0.25, 0.3) is 0 Å². The van der Waals surface area contributed by atoms with Crippen molar-refractivity contribution in [3.05, 3.63) is 71.3 Å². The lowest BCUT2D eigenvalue weighted by Gasteiger charge is -2.29. The summed E-state index contributed by atoms with van der Waals surface area (Å²) in [5, 5.41) is 0. The molecule has 1 aliphatic rings. The Balaban J connectivity index is 1.49.